The molecule has 2 aromatic rings. The van der Waals surface area contributed by atoms with E-state index in [4.69, 9.17) is 11.6 Å². The number of halogens is 2. The van der Waals surface area contributed by atoms with Crippen LogP contribution in [0.15, 0.2) is 36.4 Å². The Morgan fingerprint density at radius 1 is 1.29 bits per heavy atom. The second-order valence-corrected chi connectivity index (χ2v) is 6.89. The Morgan fingerprint density at radius 2 is 2.05 bits per heavy atom. The highest BCUT2D eigenvalue weighted by Gasteiger charge is 2.14. The van der Waals surface area contributed by atoms with E-state index in [1.54, 1.807) is 17.4 Å². The smallest absolute Gasteiger partial charge is 0.127 e. The molecule has 0 bridgehead atoms. The maximum atomic E-state index is 13.8. The lowest BCUT2D eigenvalue weighted by Gasteiger charge is -2.21. The Bertz CT molecular complexity index is 573. The van der Waals surface area contributed by atoms with Gasteiger partial charge in [0, 0.05) is 29.6 Å². The van der Waals surface area contributed by atoms with Gasteiger partial charge < -0.3 is 10.2 Å². The monoisotopic (exact) mass is 326 g/mol. The third kappa shape index (κ3) is 4.78. The molecule has 2 nitrogen and oxygen atoms in total. The van der Waals surface area contributed by atoms with Gasteiger partial charge in [0.05, 0.1) is 4.34 Å². The van der Waals surface area contributed by atoms with Crippen LogP contribution in [0, 0.1) is 5.82 Å². The van der Waals surface area contributed by atoms with Crippen LogP contribution in [-0.2, 0) is 6.54 Å². The maximum absolute atomic E-state index is 13.8. The zero-order valence-corrected chi connectivity index (χ0v) is 13.8. The van der Waals surface area contributed by atoms with Crippen molar-refractivity contribution in [1.82, 2.24) is 10.2 Å². The van der Waals surface area contributed by atoms with E-state index < -0.39 is 0 Å². The Balaban J connectivity index is 1.89. The van der Waals surface area contributed by atoms with E-state index in [2.05, 4.69) is 23.3 Å². The van der Waals surface area contributed by atoms with Crippen LogP contribution in [0.4, 0.5) is 4.39 Å². The third-order valence-corrected chi connectivity index (χ3v) is 4.70. The van der Waals surface area contributed by atoms with Gasteiger partial charge in [0.1, 0.15) is 5.82 Å². The van der Waals surface area contributed by atoms with E-state index in [-0.39, 0.29) is 11.9 Å². The zero-order chi connectivity index (χ0) is 15.2. The van der Waals surface area contributed by atoms with Crippen LogP contribution in [0.3, 0.4) is 0 Å². The number of hydrogen-bond donors (Lipinski definition) is 1. The lowest BCUT2D eigenvalue weighted by Crippen LogP contribution is -2.25. The van der Waals surface area contributed by atoms with Crippen molar-refractivity contribution in [1.29, 1.82) is 0 Å². The molecule has 0 spiro atoms. The van der Waals surface area contributed by atoms with Gasteiger partial charge in [-0.2, -0.15) is 0 Å². The average molecular weight is 327 g/mol. The SMILES string of the molecule is CNC(CCN(C)Cc1ccc(Cl)s1)c1ccccc1F. The molecule has 5 heteroatoms. The first kappa shape index (κ1) is 16.4. The van der Waals surface area contributed by atoms with Gasteiger partial charge >= 0.3 is 0 Å². The standard InChI is InChI=1S/C16H20ClFN2S/c1-19-15(13-5-3-4-6-14(13)18)9-10-20(2)11-12-7-8-16(17)21-12/h3-8,15,19H,9-11H2,1-2H3. The van der Waals surface area contributed by atoms with Crippen molar-refractivity contribution in [2.75, 3.05) is 20.6 Å². The van der Waals surface area contributed by atoms with Gasteiger partial charge in [-0.3, -0.25) is 0 Å². The summed E-state index contributed by atoms with van der Waals surface area (Å²) in [5, 5.41) is 3.20. The molecule has 1 heterocycles. The van der Waals surface area contributed by atoms with Crippen molar-refractivity contribution in [3.05, 3.63) is 57.0 Å². The van der Waals surface area contributed by atoms with Crippen molar-refractivity contribution < 1.29 is 4.39 Å². The van der Waals surface area contributed by atoms with Crippen molar-refractivity contribution in [2.45, 2.75) is 19.0 Å². The largest absolute Gasteiger partial charge is 0.313 e. The molecule has 0 radical (unpaired) electrons. The molecule has 1 aromatic heterocycles. The molecule has 1 aromatic carbocycles. The molecule has 0 saturated heterocycles. The second-order valence-electron chi connectivity index (χ2n) is 5.10. The maximum Gasteiger partial charge on any atom is 0.127 e. The molecule has 0 saturated carbocycles. The molecule has 0 fully saturated rings. The van der Waals surface area contributed by atoms with E-state index in [1.165, 1.54) is 10.9 Å². The molecule has 21 heavy (non-hydrogen) atoms. The minimum absolute atomic E-state index is 0.0283. The predicted octanol–water partition coefficient (Wildman–Crippen LogP) is 4.32. The van der Waals surface area contributed by atoms with Crippen molar-refractivity contribution in [3.8, 4) is 0 Å². The third-order valence-electron chi connectivity index (χ3n) is 3.48. The summed E-state index contributed by atoms with van der Waals surface area (Å²) in [6.07, 6.45) is 0.854. The molecule has 0 aliphatic carbocycles. The number of rotatable bonds is 7. The zero-order valence-electron chi connectivity index (χ0n) is 12.3. The van der Waals surface area contributed by atoms with Crippen molar-refractivity contribution in [2.24, 2.45) is 0 Å². The topological polar surface area (TPSA) is 15.3 Å². The fourth-order valence-corrected chi connectivity index (χ4v) is 3.51. The van der Waals surface area contributed by atoms with Crippen molar-refractivity contribution >= 4 is 22.9 Å². The first-order chi connectivity index (χ1) is 10.1. The Kier molecular flexibility index (Phi) is 6.18. The van der Waals surface area contributed by atoms with Crippen LogP contribution in [0.2, 0.25) is 4.34 Å². The molecule has 1 atom stereocenters. The Labute approximate surface area is 134 Å². The molecule has 1 N–H and O–H groups in total. The summed E-state index contributed by atoms with van der Waals surface area (Å²) in [4.78, 5) is 3.47. The number of benzene rings is 1. The van der Waals surface area contributed by atoms with Crippen molar-refractivity contribution in [3.63, 3.8) is 0 Å². The number of nitrogens with zero attached hydrogens (tertiary/aromatic N) is 1. The highest BCUT2D eigenvalue weighted by Crippen LogP contribution is 2.23. The first-order valence-electron chi connectivity index (χ1n) is 6.94. The van der Waals surface area contributed by atoms with E-state index in [1.807, 2.05) is 25.2 Å². The molecular weight excluding hydrogens is 307 g/mol. The fourth-order valence-electron chi connectivity index (χ4n) is 2.34. The van der Waals surface area contributed by atoms with E-state index >= 15 is 0 Å². The van der Waals surface area contributed by atoms with Gasteiger partial charge in [-0.05, 0) is 38.7 Å². The summed E-state index contributed by atoms with van der Waals surface area (Å²) in [5.41, 5.74) is 0.729. The first-order valence-corrected chi connectivity index (χ1v) is 8.14. The summed E-state index contributed by atoms with van der Waals surface area (Å²) in [6.45, 7) is 1.75. The number of nitrogens with one attached hydrogen (secondary N) is 1. The van der Waals surface area contributed by atoms with E-state index in [0.717, 1.165) is 29.4 Å². The molecule has 1 unspecified atom stereocenters. The number of hydrogen-bond acceptors (Lipinski definition) is 3. The Morgan fingerprint density at radius 3 is 2.67 bits per heavy atom. The van der Waals surface area contributed by atoms with Crippen LogP contribution in [0.1, 0.15) is 22.9 Å². The van der Waals surface area contributed by atoms with Gasteiger partial charge in [0.25, 0.3) is 0 Å². The quantitative estimate of drug-likeness (QED) is 0.815. The number of thiophene rings is 1. The summed E-state index contributed by atoms with van der Waals surface area (Å²) in [5.74, 6) is -0.149. The lowest BCUT2D eigenvalue weighted by molar-refractivity contribution is 0.304. The molecule has 2 rings (SSSR count). The summed E-state index contributed by atoms with van der Waals surface area (Å²) < 4.78 is 14.7. The van der Waals surface area contributed by atoms with E-state index in [9.17, 15) is 4.39 Å². The summed E-state index contributed by atoms with van der Waals surface area (Å²) >= 11 is 7.54. The van der Waals surface area contributed by atoms with Crippen LogP contribution in [0.25, 0.3) is 0 Å². The van der Waals surface area contributed by atoms with E-state index in [0.29, 0.717) is 0 Å². The molecule has 114 valence electrons. The highest BCUT2D eigenvalue weighted by molar-refractivity contribution is 7.16. The minimum atomic E-state index is -0.149. The molecular formula is C16H20ClFN2S. The lowest BCUT2D eigenvalue weighted by atomic mass is 10.0. The van der Waals surface area contributed by atoms with Crippen LogP contribution >= 0.6 is 22.9 Å². The van der Waals surface area contributed by atoms with Crippen LogP contribution in [0.5, 0.6) is 0 Å². The second kappa shape index (κ2) is 7.90. The van der Waals surface area contributed by atoms with Gasteiger partial charge in [-0.1, -0.05) is 29.8 Å². The normalized spacial score (nSPS) is 12.8. The van der Waals surface area contributed by atoms with Crippen LogP contribution in [-0.4, -0.2) is 25.5 Å². The highest BCUT2D eigenvalue weighted by atomic mass is 35.5. The molecule has 0 aliphatic heterocycles. The van der Waals surface area contributed by atoms with Gasteiger partial charge in [0.15, 0.2) is 0 Å². The molecule has 0 aliphatic rings. The Hall–Kier alpha value is -0.940. The van der Waals surface area contributed by atoms with Gasteiger partial charge in [-0.15, -0.1) is 11.3 Å². The van der Waals surface area contributed by atoms with Gasteiger partial charge in [-0.25, -0.2) is 4.39 Å². The minimum Gasteiger partial charge on any atom is -0.313 e. The molecule has 0 amide bonds. The van der Waals surface area contributed by atoms with Gasteiger partial charge in [0.2, 0.25) is 0 Å². The van der Waals surface area contributed by atoms with Crippen LogP contribution < -0.4 is 5.32 Å². The predicted molar refractivity (Wildman–Crippen MR) is 88.5 cm³/mol. The summed E-state index contributed by atoms with van der Waals surface area (Å²) in [7, 11) is 3.94. The summed E-state index contributed by atoms with van der Waals surface area (Å²) in [6, 6.07) is 11.0. The average Bonchev–Trinajstić information content (AvgIpc) is 2.86. The fraction of sp³-hybridized carbons (Fsp3) is 0.375.